The van der Waals surface area contributed by atoms with Crippen LogP contribution in [-0.4, -0.2) is 57.1 Å². The topological polar surface area (TPSA) is 123 Å². The molecule has 0 radical (unpaired) electrons. The SMILES string of the molecule is Cn1c(C(=O)N2CCC[C@H]2C(=O)[C@H](C=O)C(N)C(=O)O)cc2ccccc21. The summed E-state index contributed by atoms with van der Waals surface area (Å²) >= 11 is 0. The summed E-state index contributed by atoms with van der Waals surface area (Å²) < 4.78 is 1.76. The highest BCUT2D eigenvalue weighted by molar-refractivity contribution is 6.05. The molecule has 0 bridgehead atoms. The average Bonchev–Trinajstić information content (AvgIpc) is 3.27. The molecule has 1 aromatic carbocycles. The van der Waals surface area contributed by atoms with E-state index in [0.29, 0.717) is 25.1 Å². The number of nitrogens with two attached hydrogens (primary N) is 1. The van der Waals surface area contributed by atoms with Gasteiger partial charge in [-0.05, 0) is 25.0 Å². The number of ketones is 1. The Hall–Kier alpha value is -3.00. The molecule has 1 saturated heterocycles. The van der Waals surface area contributed by atoms with Crippen LogP contribution in [0.3, 0.4) is 0 Å². The highest BCUT2D eigenvalue weighted by atomic mass is 16.4. The number of hydrogen-bond acceptors (Lipinski definition) is 5. The Labute approximate surface area is 155 Å². The van der Waals surface area contributed by atoms with Gasteiger partial charge in [-0.2, -0.15) is 0 Å². The summed E-state index contributed by atoms with van der Waals surface area (Å²) in [6.45, 7) is 0.366. The first kappa shape index (κ1) is 18.8. The number of Topliss-reactive ketones (excluding diaryl/α,β-unsaturated/α-hetero) is 1. The van der Waals surface area contributed by atoms with E-state index < -0.39 is 29.8 Å². The second kappa shape index (κ2) is 7.32. The second-order valence-corrected chi connectivity index (χ2v) is 6.73. The highest BCUT2D eigenvalue weighted by Crippen LogP contribution is 2.26. The van der Waals surface area contributed by atoms with Gasteiger partial charge in [0.15, 0.2) is 5.78 Å². The molecule has 1 unspecified atom stereocenters. The zero-order chi connectivity index (χ0) is 19.7. The van der Waals surface area contributed by atoms with Gasteiger partial charge in [0.2, 0.25) is 0 Å². The van der Waals surface area contributed by atoms with Gasteiger partial charge >= 0.3 is 5.97 Å². The molecule has 0 spiro atoms. The maximum atomic E-state index is 13.1. The molecule has 8 nitrogen and oxygen atoms in total. The number of aliphatic carboxylic acids is 1. The first-order chi connectivity index (χ1) is 12.9. The van der Waals surface area contributed by atoms with Crippen molar-refractivity contribution in [2.24, 2.45) is 18.7 Å². The molecule has 1 fully saturated rings. The zero-order valence-corrected chi connectivity index (χ0v) is 14.9. The molecule has 2 aromatic rings. The van der Waals surface area contributed by atoms with E-state index in [0.717, 1.165) is 10.9 Å². The van der Waals surface area contributed by atoms with Gasteiger partial charge in [0.05, 0.1) is 6.04 Å². The van der Waals surface area contributed by atoms with Crippen LogP contribution in [0.2, 0.25) is 0 Å². The number of carbonyl (C=O) groups excluding carboxylic acids is 3. The largest absolute Gasteiger partial charge is 0.480 e. The fraction of sp³-hybridized carbons (Fsp3) is 0.368. The fourth-order valence-electron chi connectivity index (χ4n) is 3.65. The van der Waals surface area contributed by atoms with Gasteiger partial charge < -0.3 is 25.1 Å². The predicted molar refractivity (Wildman–Crippen MR) is 97.1 cm³/mol. The van der Waals surface area contributed by atoms with E-state index in [4.69, 9.17) is 10.8 Å². The molecule has 1 aromatic heterocycles. The van der Waals surface area contributed by atoms with Crippen molar-refractivity contribution >= 4 is 34.8 Å². The summed E-state index contributed by atoms with van der Waals surface area (Å²) in [5.74, 6) is -3.85. The fourth-order valence-corrected chi connectivity index (χ4v) is 3.65. The number of nitrogens with zero attached hydrogens (tertiary/aromatic N) is 2. The average molecular weight is 371 g/mol. The van der Waals surface area contributed by atoms with Crippen LogP contribution in [-0.2, 0) is 21.4 Å². The Morgan fingerprint density at radius 1 is 1.30 bits per heavy atom. The Morgan fingerprint density at radius 2 is 2.00 bits per heavy atom. The molecule has 8 heteroatoms. The molecule has 27 heavy (non-hydrogen) atoms. The summed E-state index contributed by atoms with van der Waals surface area (Å²) in [5.41, 5.74) is 6.81. The summed E-state index contributed by atoms with van der Waals surface area (Å²) in [6, 6.07) is 6.83. The molecule has 142 valence electrons. The van der Waals surface area contributed by atoms with E-state index in [-0.39, 0.29) is 12.2 Å². The van der Waals surface area contributed by atoms with Crippen molar-refractivity contribution < 1.29 is 24.3 Å². The van der Waals surface area contributed by atoms with Gasteiger partial charge in [-0.25, -0.2) is 0 Å². The third-order valence-electron chi connectivity index (χ3n) is 5.16. The van der Waals surface area contributed by atoms with Gasteiger partial charge in [0.1, 0.15) is 23.9 Å². The summed E-state index contributed by atoms with van der Waals surface area (Å²) in [4.78, 5) is 49.6. The Kier molecular flexibility index (Phi) is 5.09. The molecule has 1 aliphatic rings. The standard InChI is InChI=1S/C19H21N3O5/c1-21-13-6-3-2-5-11(13)9-15(21)18(25)22-8-4-7-14(22)17(24)12(10-23)16(20)19(26)27/h2-3,5-6,9-10,12,14,16H,4,7-8,20H2,1H3,(H,26,27)/t12-,14+,16?/m1/s1. The zero-order valence-electron chi connectivity index (χ0n) is 14.9. The van der Waals surface area contributed by atoms with Crippen LogP contribution in [0.5, 0.6) is 0 Å². The number of benzene rings is 1. The van der Waals surface area contributed by atoms with Crippen molar-refractivity contribution in [3.8, 4) is 0 Å². The number of aldehydes is 1. The minimum Gasteiger partial charge on any atom is -0.480 e. The number of aromatic nitrogens is 1. The minimum absolute atomic E-state index is 0.263. The van der Waals surface area contributed by atoms with Crippen LogP contribution in [0.15, 0.2) is 30.3 Å². The molecular weight excluding hydrogens is 350 g/mol. The van der Waals surface area contributed by atoms with Crippen LogP contribution < -0.4 is 5.73 Å². The number of carboxylic acids is 1. The summed E-state index contributed by atoms with van der Waals surface area (Å²) in [7, 11) is 1.77. The van der Waals surface area contributed by atoms with Crippen LogP contribution >= 0.6 is 0 Å². The van der Waals surface area contributed by atoms with Gasteiger partial charge in [-0.3, -0.25) is 14.4 Å². The lowest BCUT2D eigenvalue weighted by atomic mass is 9.91. The number of aryl methyl sites for hydroxylation is 1. The Balaban J connectivity index is 1.90. The van der Waals surface area contributed by atoms with E-state index in [1.165, 1.54) is 4.90 Å². The third kappa shape index (κ3) is 3.23. The van der Waals surface area contributed by atoms with Crippen molar-refractivity contribution in [3.05, 3.63) is 36.0 Å². The molecule has 3 atom stereocenters. The number of hydrogen-bond donors (Lipinski definition) is 2. The minimum atomic E-state index is -1.62. The summed E-state index contributed by atoms with van der Waals surface area (Å²) in [5, 5.41) is 9.93. The van der Waals surface area contributed by atoms with E-state index >= 15 is 0 Å². The van der Waals surface area contributed by atoms with Gasteiger partial charge in [0, 0.05) is 24.5 Å². The van der Waals surface area contributed by atoms with Crippen molar-refractivity contribution in [1.29, 1.82) is 0 Å². The lowest BCUT2D eigenvalue weighted by Gasteiger charge is -2.26. The normalized spacial score (nSPS) is 19.0. The van der Waals surface area contributed by atoms with Gasteiger partial charge in [0.25, 0.3) is 5.91 Å². The van der Waals surface area contributed by atoms with E-state index in [1.54, 1.807) is 17.7 Å². The maximum absolute atomic E-state index is 13.1. The molecule has 3 N–H and O–H groups in total. The predicted octanol–water partition coefficient (Wildman–Crippen LogP) is 0.579. The van der Waals surface area contributed by atoms with Gasteiger partial charge in [-0.1, -0.05) is 18.2 Å². The van der Waals surface area contributed by atoms with Crippen LogP contribution in [0.1, 0.15) is 23.3 Å². The van der Waals surface area contributed by atoms with Crippen LogP contribution in [0, 0.1) is 5.92 Å². The Bertz CT molecular complexity index is 919. The van der Waals surface area contributed by atoms with Crippen molar-refractivity contribution in [3.63, 3.8) is 0 Å². The highest BCUT2D eigenvalue weighted by Gasteiger charge is 2.41. The molecule has 1 amide bonds. The first-order valence-corrected chi connectivity index (χ1v) is 8.69. The number of likely N-dealkylation sites (tertiary alicyclic amines) is 1. The third-order valence-corrected chi connectivity index (χ3v) is 5.16. The Morgan fingerprint density at radius 3 is 2.63 bits per heavy atom. The lowest BCUT2D eigenvalue weighted by molar-refractivity contribution is -0.145. The molecule has 0 saturated carbocycles. The smallest absolute Gasteiger partial charge is 0.321 e. The van der Waals surface area contributed by atoms with Crippen molar-refractivity contribution in [2.75, 3.05) is 6.54 Å². The van der Waals surface area contributed by atoms with E-state index in [2.05, 4.69) is 0 Å². The van der Waals surface area contributed by atoms with Crippen LogP contribution in [0.25, 0.3) is 10.9 Å². The molecule has 2 heterocycles. The monoisotopic (exact) mass is 371 g/mol. The van der Waals surface area contributed by atoms with Gasteiger partial charge in [-0.15, -0.1) is 0 Å². The quantitative estimate of drug-likeness (QED) is 0.566. The number of para-hydroxylation sites is 1. The number of rotatable bonds is 6. The number of carbonyl (C=O) groups is 4. The maximum Gasteiger partial charge on any atom is 0.321 e. The van der Waals surface area contributed by atoms with Crippen LogP contribution in [0.4, 0.5) is 0 Å². The first-order valence-electron chi connectivity index (χ1n) is 8.69. The number of amides is 1. The number of carboxylic acid groups (broad SMARTS) is 1. The van der Waals surface area contributed by atoms with E-state index in [1.807, 2.05) is 24.3 Å². The van der Waals surface area contributed by atoms with E-state index in [9.17, 15) is 19.2 Å². The second-order valence-electron chi connectivity index (χ2n) is 6.73. The lowest BCUT2D eigenvalue weighted by Crippen LogP contribution is -2.50. The van der Waals surface area contributed by atoms with Crippen molar-refractivity contribution in [1.82, 2.24) is 9.47 Å². The molecule has 3 rings (SSSR count). The molecule has 0 aliphatic carbocycles. The molecular formula is C19H21N3O5. The number of fused-ring (bicyclic) bond motifs is 1. The molecule has 1 aliphatic heterocycles. The van der Waals surface area contributed by atoms with Crippen molar-refractivity contribution in [2.45, 2.75) is 24.9 Å². The summed E-state index contributed by atoms with van der Waals surface area (Å²) in [6.07, 6.45) is 1.24.